The molecule has 3 N–H and O–H groups in total. The number of carbonyl (C=O) groups is 1. The smallest absolute Gasteiger partial charge is 0.475 e. The monoisotopic (exact) mass is 415 g/mol. The van der Waals surface area contributed by atoms with Crippen molar-refractivity contribution >= 4 is 29.2 Å². The number of nitrogens with one attached hydrogen (secondary N) is 2. The van der Waals surface area contributed by atoms with Crippen LogP contribution in [0.3, 0.4) is 0 Å². The van der Waals surface area contributed by atoms with Gasteiger partial charge in [0.15, 0.2) is 4.77 Å². The summed E-state index contributed by atoms with van der Waals surface area (Å²) in [6, 6.07) is 4.17. The number of alkyl halides is 6. The van der Waals surface area contributed by atoms with Gasteiger partial charge in [0.25, 0.3) is 0 Å². The Hall–Kier alpha value is -2.08. The van der Waals surface area contributed by atoms with Crippen molar-refractivity contribution in [3.05, 3.63) is 28.5 Å². The second kappa shape index (κ2) is 7.89. The normalized spacial score (nSPS) is 16.1. The van der Waals surface area contributed by atoms with Gasteiger partial charge in [-0.05, 0) is 50.3 Å². The second-order valence-electron chi connectivity index (χ2n) is 5.78. The van der Waals surface area contributed by atoms with Gasteiger partial charge in [0.1, 0.15) is 0 Å². The number of benzene rings is 1. The highest BCUT2D eigenvalue weighted by Gasteiger charge is 2.38. The van der Waals surface area contributed by atoms with Gasteiger partial charge in [0.2, 0.25) is 0 Å². The third-order valence-electron chi connectivity index (χ3n) is 3.96. The van der Waals surface area contributed by atoms with Gasteiger partial charge in [0.05, 0.1) is 16.6 Å². The van der Waals surface area contributed by atoms with Crippen molar-refractivity contribution in [2.24, 2.45) is 0 Å². The molecule has 0 radical (unpaired) electrons. The zero-order valence-electron chi connectivity index (χ0n) is 13.6. The van der Waals surface area contributed by atoms with E-state index in [1.54, 1.807) is 10.6 Å². The number of carboxylic acids is 1. The predicted octanol–water partition coefficient (Wildman–Crippen LogP) is 4.28. The number of aliphatic carboxylic acids is 1. The fourth-order valence-corrected chi connectivity index (χ4v) is 3.17. The lowest BCUT2D eigenvalue weighted by molar-refractivity contribution is -0.192. The molecule has 0 aliphatic carbocycles. The standard InChI is InChI=1S/C13H14F3N3S.C2HF3O2/c14-13(15,16)9-2-1-3-10-11(9)19(12(20)18-10)8-4-6-17-7-5-8;3-2(4,5)1(6)7/h1-3,8,17H,4-7H2,(H,18,20);(H,6,7). The van der Waals surface area contributed by atoms with E-state index in [1.807, 2.05) is 0 Å². The zero-order valence-corrected chi connectivity index (χ0v) is 14.4. The fraction of sp³-hybridized carbons (Fsp3) is 0.467. The van der Waals surface area contributed by atoms with Crippen LogP contribution in [0.2, 0.25) is 0 Å². The summed E-state index contributed by atoms with van der Waals surface area (Å²) in [7, 11) is 0. The molecule has 0 amide bonds. The summed E-state index contributed by atoms with van der Waals surface area (Å²) in [6.07, 6.45) is -7.89. The number of nitrogens with zero attached hydrogens (tertiary/aromatic N) is 1. The summed E-state index contributed by atoms with van der Waals surface area (Å²) < 4.78 is 73.3. The number of carboxylic acid groups (broad SMARTS) is 1. The number of piperidine rings is 1. The van der Waals surface area contributed by atoms with E-state index in [2.05, 4.69) is 10.3 Å². The lowest BCUT2D eigenvalue weighted by Crippen LogP contribution is -2.29. The van der Waals surface area contributed by atoms with Crippen molar-refractivity contribution in [1.82, 2.24) is 14.9 Å². The minimum absolute atomic E-state index is 0.0148. The van der Waals surface area contributed by atoms with Crippen molar-refractivity contribution in [1.29, 1.82) is 0 Å². The molecule has 0 bridgehead atoms. The summed E-state index contributed by atoms with van der Waals surface area (Å²) in [4.78, 5) is 11.8. The molecule has 12 heteroatoms. The first-order valence-electron chi connectivity index (χ1n) is 7.74. The number of halogens is 6. The predicted molar refractivity (Wildman–Crippen MR) is 87.0 cm³/mol. The maximum Gasteiger partial charge on any atom is 0.490 e. The summed E-state index contributed by atoms with van der Waals surface area (Å²) in [6.45, 7) is 1.60. The highest BCUT2D eigenvalue weighted by Crippen LogP contribution is 2.36. The van der Waals surface area contributed by atoms with Crippen molar-refractivity contribution in [3.63, 3.8) is 0 Å². The van der Waals surface area contributed by atoms with Crippen molar-refractivity contribution < 1.29 is 36.2 Å². The topological polar surface area (TPSA) is 70.0 Å². The SMILES string of the molecule is FC(F)(F)c1cccc2[nH]c(=S)n(C3CCNCC3)c12.O=C(O)C(F)(F)F. The molecule has 5 nitrogen and oxygen atoms in total. The lowest BCUT2D eigenvalue weighted by atomic mass is 10.1. The van der Waals surface area contributed by atoms with Gasteiger partial charge in [-0.15, -0.1) is 0 Å². The maximum atomic E-state index is 13.2. The highest BCUT2D eigenvalue weighted by atomic mass is 32.1. The van der Waals surface area contributed by atoms with E-state index in [4.69, 9.17) is 22.1 Å². The molecule has 150 valence electrons. The van der Waals surface area contributed by atoms with Crippen LogP contribution >= 0.6 is 12.2 Å². The molecular weight excluding hydrogens is 400 g/mol. The van der Waals surface area contributed by atoms with Crippen LogP contribution in [0.25, 0.3) is 11.0 Å². The van der Waals surface area contributed by atoms with Crippen molar-refractivity contribution in [3.8, 4) is 0 Å². The van der Waals surface area contributed by atoms with Crippen molar-refractivity contribution in [2.45, 2.75) is 31.2 Å². The van der Waals surface area contributed by atoms with E-state index in [9.17, 15) is 26.3 Å². The zero-order chi connectivity index (χ0) is 20.4. The molecule has 0 spiro atoms. The van der Waals surface area contributed by atoms with Gasteiger partial charge in [-0.25, -0.2) is 4.79 Å². The van der Waals surface area contributed by atoms with Crippen LogP contribution in [0.1, 0.15) is 24.4 Å². The van der Waals surface area contributed by atoms with E-state index in [-0.39, 0.29) is 11.6 Å². The third-order valence-corrected chi connectivity index (χ3v) is 4.26. The Morgan fingerprint density at radius 2 is 1.70 bits per heavy atom. The molecule has 3 rings (SSSR count). The Kier molecular flexibility index (Phi) is 6.20. The number of rotatable bonds is 1. The van der Waals surface area contributed by atoms with Crippen LogP contribution in [0.15, 0.2) is 18.2 Å². The van der Waals surface area contributed by atoms with Gasteiger partial charge in [-0.1, -0.05) is 6.07 Å². The molecule has 1 fully saturated rings. The average Bonchev–Trinajstić information content (AvgIpc) is 2.90. The van der Waals surface area contributed by atoms with E-state index < -0.39 is 23.9 Å². The first-order valence-corrected chi connectivity index (χ1v) is 8.15. The molecule has 2 aromatic rings. The maximum absolute atomic E-state index is 13.2. The van der Waals surface area contributed by atoms with Crippen LogP contribution in [0.4, 0.5) is 26.3 Å². The quantitative estimate of drug-likeness (QED) is 0.481. The van der Waals surface area contributed by atoms with Gasteiger partial charge in [-0.2, -0.15) is 26.3 Å². The number of hydrogen-bond acceptors (Lipinski definition) is 3. The third kappa shape index (κ3) is 5.01. The minimum Gasteiger partial charge on any atom is -0.475 e. The highest BCUT2D eigenvalue weighted by molar-refractivity contribution is 7.71. The molecule has 27 heavy (non-hydrogen) atoms. The van der Waals surface area contributed by atoms with Gasteiger partial charge in [0, 0.05) is 6.04 Å². The molecule has 1 aliphatic heterocycles. The molecule has 0 atom stereocenters. The molecular formula is C15H15F6N3O2S. The first kappa shape index (κ1) is 21.2. The second-order valence-corrected chi connectivity index (χ2v) is 6.17. The number of imidazole rings is 1. The lowest BCUT2D eigenvalue weighted by Gasteiger charge is -2.25. The Morgan fingerprint density at radius 1 is 1.15 bits per heavy atom. The molecule has 0 saturated carbocycles. The van der Waals surface area contributed by atoms with Crippen molar-refractivity contribution in [2.75, 3.05) is 13.1 Å². The summed E-state index contributed by atoms with van der Waals surface area (Å²) in [5.41, 5.74) is 0.00106. The summed E-state index contributed by atoms with van der Waals surface area (Å²) in [5.74, 6) is -2.76. The minimum atomic E-state index is -5.08. The largest absolute Gasteiger partial charge is 0.490 e. The summed E-state index contributed by atoms with van der Waals surface area (Å²) >= 11 is 5.24. The Balaban J connectivity index is 0.000000321. The van der Waals surface area contributed by atoms with Gasteiger partial charge >= 0.3 is 18.3 Å². The van der Waals surface area contributed by atoms with E-state index in [0.717, 1.165) is 32.0 Å². The van der Waals surface area contributed by atoms with Crippen LogP contribution in [0.5, 0.6) is 0 Å². The van der Waals surface area contributed by atoms with E-state index in [0.29, 0.717) is 10.3 Å². The molecule has 1 aliphatic rings. The molecule has 2 heterocycles. The number of fused-ring (bicyclic) bond motifs is 1. The molecule has 1 saturated heterocycles. The van der Waals surface area contributed by atoms with Gasteiger partial charge in [-0.3, -0.25) is 0 Å². The number of para-hydroxylation sites is 1. The van der Waals surface area contributed by atoms with Gasteiger partial charge < -0.3 is 20.0 Å². The van der Waals surface area contributed by atoms with Crippen LogP contribution < -0.4 is 5.32 Å². The van der Waals surface area contributed by atoms with Crippen LogP contribution in [0, 0.1) is 4.77 Å². The number of H-pyrrole nitrogens is 1. The Morgan fingerprint density at radius 3 is 2.19 bits per heavy atom. The van der Waals surface area contributed by atoms with E-state index in [1.165, 1.54) is 6.07 Å². The number of hydrogen-bond donors (Lipinski definition) is 3. The fourth-order valence-electron chi connectivity index (χ4n) is 2.82. The van der Waals surface area contributed by atoms with Crippen LogP contribution in [-0.4, -0.2) is 39.9 Å². The number of aromatic amines is 1. The molecule has 0 unspecified atom stereocenters. The summed E-state index contributed by atoms with van der Waals surface area (Å²) in [5, 5.41) is 10.3. The average molecular weight is 415 g/mol. The molecule has 1 aromatic heterocycles. The Labute approximate surface area is 154 Å². The number of aromatic nitrogens is 2. The van der Waals surface area contributed by atoms with Crippen LogP contribution in [-0.2, 0) is 11.0 Å². The molecule has 1 aromatic carbocycles. The first-order chi connectivity index (χ1) is 12.4. The van der Waals surface area contributed by atoms with E-state index >= 15 is 0 Å². The Bertz CT molecular complexity index is 865.